The van der Waals surface area contributed by atoms with Crippen molar-refractivity contribution >= 4 is 21.4 Å². The molecule has 0 aliphatic rings. The van der Waals surface area contributed by atoms with Crippen molar-refractivity contribution < 1.29 is 8.42 Å². The minimum Gasteiger partial charge on any atom is -0.398 e. The molecular weight excluding hydrogens is 248 g/mol. The normalized spacial score (nSPS) is 12.5. The summed E-state index contributed by atoms with van der Waals surface area (Å²) >= 11 is 0. The van der Waals surface area contributed by atoms with Crippen LogP contribution >= 0.6 is 0 Å². The van der Waals surface area contributed by atoms with Crippen molar-refractivity contribution in [3.8, 4) is 0 Å². The van der Waals surface area contributed by atoms with Crippen LogP contribution < -0.4 is 10.5 Å². The molecule has 0 saturated carbocycles. The van der Waals surface area contributed by atoms with Gasteiger partial charge in [-0.05, 0) is 36.5 Å². The first-order valence-corrected chi connectivity index (χ1v) is 7.53. The van der Waals surface area contributed by atoms with Crippen LogP contribution in [0.3, 0.4) is 0 Å². The Hall–Kier alpha value is -1.23. The molecule has 0 unspecified atom stereocenters. The number of aryl methyl sites for hydroxylation is 1. The van der Waals surface area contributed by atoms with E-state index < -0.39 is 10.0 Å². The molecule has 0 aromatic heterocycles. The molecule has 0 aliphatic heterocycles. The predicted octanol–water partition coefficient (Wildman–Crippen LogP) is 2.67. The maximum atomic E-state index is 12.1. The first kappa shape index (κ1) is 14.8. The van der Waals surface area contributed by atoms with Gasteiger partial charge >= 0.3 is 0 Å². The number of nitrogens with one attached hydrogen (secondary N) is 1. The van der Waals surface area contributed by atoms with Gasteiger partial charge in [-0.2, -0.15) is 0 Å². The largest absolute Gasteiger partial charge is 0.398 e. The van der Waals surface area contributed by atoms with Gasteiger partial charge in [0.05, 0.1) is 11.4 Å². The number of nitrogen functional groups attached to an aromatic ring is 1. The molecule has 0 radical (unpaired) electrons. The minimum absolute atomic E-state index is 0.0771. The zero-order valence-electron chi connectivity index (χ0n) is 11.7. The van der Waals surface area contributed by atoms with E-state index in [9.17, 15) is 8.42 Å². The van der Waals surface area contributed by atoms with Crippen molar-refractivity contribution in [1.82, 2.24) is 0 Å². The number of sulfonamides is 1. The summed E-state index contributed by atoms with van der Waals surface area (Å²) < 4.78 is 26.8. The molecule has 0 heterocycles. The first-order chi connectivity index (χ1) is 8.02. The Labute approximate surface area is 110 Å². The molecule has 0 saturated heterocycles. The van der Waals surface area contributed by atoms with Gasteiger partial charge in [0, 0.05) is 5.69 Å². The molecule has 0 amide bonds. The second-order valence-corrected chi connectivity index (χ2v) is 7.62. The molecule has 1 aromatic rings. The summed E-state index contributed by atoms with van der Waals surface area (Å²) in [7, 11) is -3.36. The molecule has 1 rings (SSSR count). The topological polar surface area (TPSA) is 72.2 Å². The van der Waals surface area contributed by atoms with E-state index in [1.807, 2.05) is 40.7 Å². The monoisotopic (exact) mass is 270 g/mol. The maximum Gasteiger partial charge on any atom is 0.233 e. The van der Waals surface area contributed by atoms with Gasteiger partial charge in [-0.3, -0.25) is 4.72 Å². The molecule has 18 heavy (non-hydrogen) atoms. The Morgan fingerprint density at radius 2 is 1.78 bits per heavy atom. The Morgan fingerprint density at radius 3 is 2.28 bits per heavy atom. The number of rotatable bonds is 3. The number of nitrogens with two attached hydrogens (primary N) is 1. The number of benzene rings is 1. The third-order valence-corrected chi connectivity index (χ3v) is 4.36. The van der Waals surface area contributed by atoms with Gasteiger partial charge in [-0.25, -0.2) is 8.42 Å². The van der Waals surface area contributed by atoms with Crippen molar-refractivity contribution in [2.45, 2.75) is 34.6 Å². The molecule has 1 aromatic carbocycles. The standard InChI is InChI=1S/C13H22N2O2S/c1-9-6-7-11(14)10(2)12(9)15-18(16,17)8-13(3,4)5/h6-7,15H,8,14H2,1-5H3. The van der Waals surface area contributed by atoms with Crippen LogP contribution in [0.25, 0.3) is 0 Å². The van der Waals surface area contributed by atoms with Crippen LogP contribution in [0.15, 0.2) is 12.1 Å². The predicted molar refractivity (Wildman–Crippen MR) is 77.2 cm³/mol. The zero-order chi connectivity index (χ0) is 14.1. The highest BCUT2D eigenvalue weighted by Crippen LogP contribution is 2.27. The number of anilines is 2. The lowest BCUT2D eigenvalue weighted by molar-refractivity contribution is 0.463. The van der Waals surface area contributed by atoms with Crippen molar-refractivity contribution in [3.63, 3.8) is 0 Å². The fourth-order valence-electron chi connectivity index (χ4n) is 1.78. The lowest BCUT2D eigenvalue weighted by Gasteiger charge is -2.20. The molecule has 0 atom stereocenters. The lowest BCUT2D eigenvalue weighted by atomic mass is 10.0. The van der Waals surface area contributed by atoms with Gasteiger partial charge in [0.1, 0.15) is 0 Å². The first-order valence-electron chi connectivity index (χ1n) is 5.88. The van der Waals surface area contributed by atoms with Gasteiger partial charge in [0.15, 0.2) is 0 Å². The van der Waals surface area contributed by atoms with Crippen molar-refractivity contribution in [3.05, 3.63) is 23.3 Å². The second-order valence-electron chi connectivity index (χ2n) is 5.89. The Balaban J connectivity index is 3.09. The van der Waals surface area contributed by atoms with Crippen molar-refractivity contribution in [1.29, 1.82) is 0 Å². The SMILES string of the molecule is Cc1ccc(N)c(C)c1NS(=O)(=O)CC(C)(C)C. The fraction of sp³-hybridized carbons (Fsp3) is 0.538. The summed E-state index contributed by atoms with van der Waals surface area (Å²) in [5, 5.41) is 0. The quantitative estimate of drug-likeness (QED) is 0.829. The molecule has 102 valence electrons. The number of hydrogen-bond donors (Lipinski definition) is 2. The van der Waals surface area contributed by atoms with E-state index in [0.717, 1.165) is 11.1 Å². The summed E-state index contributed by atoms with van der Waals surface area (Å²) in [6.45, 7) is 9.36. The van der Waals surface area contributed by atoms with Gasteiger partial charge in [-0.1, -0.05) is 26.8 Å². The minimum atomic E-state index is -3.36. The smallest absolute Gasteiger partial charge is 0.233 e. The highest BCUT2D eigenvalue weighted by Gasteiger charge is 2.22. The van der Waals surface area contributed by atoms with Gasteiger partial charge in [0.2, 0.25) is 10.0 Å². The zero-order valence-corrected chi connectivity index (χ0v) is 12.5. The third kappa shape index (κ3) is 3.91. The Kier molecular flexibility index (Phi) is 3.96. The molecule has 0 bridgehead atoms. The van der Waals surface area contributed by atoms with Crippen molar-refractivity contribution in [2.75, 3.05) is 16.2 Å². The molecule has 4 nitrogen and oxygen atoms in total. The van der Waals surface area contributed by atoms with E-state index in [4.69, 9.17) is 5.73 Å². The third-order valence-electron chi connectivity index (χ3n) is 2.60. The Bertz CT molecular complexity index is 543. The fourth-order valence-corrected chi connectivity index (χ4v) is 3.62. The van der Waals surface area contributed by atoms with Crippen LogP contribution in [0.4, 0.5) is 11.4 Å². The highest BCUT2D eigenvalue weighted by atomic mass is 32.2. The van der Waals surface area contributed by atoms with Crippen LogP contribution in [-0.2, 0) is 10.0 Å². The van der Waals surface area contributed by atoms with Crippen LogP contribution in [0.2, 0.25) is 0 Å². The lowest BCUT2D eigenvalue weighted by Crippen LogP contribution is -2.26. The summed E-state index contributed by atoms with van der Waals surface area (Å²) in [5.74, 6) is 0.0771. The van der Waals surface area contributed by atoms with Crippen LogP contribution in [0, 0.1) is 19.3 Å². The maximum absolute atomic E-state index is 12.1. The second kappa shape index (κ2) is 4.80. The van der Waals surface area contributed by atoms with E-state index in [0.29, 0.717) is 11.4 Å². The van der Waals surface area contributed by atoms with E-state index in [-0.39, 0.29) is 11.2 Å². The molecule has 0 spiro atoms. The molecule has 0 fully saturated rings. The van der Waals surface area contributed by atoms with Crippen LogP contribution in [0.1, 0.15) is 31.9 Å². The van der Waals surface area contributed by atoms with Crippen LogP contribution in [0.5, 0.6) is 0 Å². The summed E-state index contributed by atoms with van der Waals surface area (Å²) in [5.41, 5.74) is 8.35. The average Bonchev–Trinajstić information content (AvgIpc) is 2.15. The van der Waals surface area contributed by atoms with Crippen molar-refractivity contribution in [2.24, 2.45) is 5.41 Å². The van der Waals surface area contributed by atoms with Gasteiger partial charge < -0.3 is 5.73 Å². The average molecular weight is 270 g/mol. The van der Waals surface area contributed by atoms with Gasteiger partial charge in [0.25, 0.3) is 0 Å². The molecule has 3 N–H and O–H groups in total. The summed E-state index contributed by atoms with van der Waals surface area (Å²) in [4.78, 5) is 0. The molecule has 0 aliphatic carbocycles. The molecular formula is C13H22N2O2S. The Morgan fingerprint density at radius 1 is 1.22 bits per heavy atom. The van der Waals surface area contributed by atoms with E-state index >= 15 is 0 Å². The van der Waals surface area contributed by atoms with Crippen LogP contribution in [-0.4, -0.2) is 14.2 Å². The molecule has 5 heteroatoms. The number of hydrogen-bond acceptors (Lipinski definition) is 3. The summed E-state index contributed by atoms with van der Waals surface area (Å²) in [6.07, 6.45) is 0. The van der Waals surface area contributed by atoms with E-state index in [1.54, 1.807) is 6.07 Å². The van der Waals surface area contributed by atoms with E-state index in [1.165, 1.54) is 0 Å². The highest BCUT2D eigenvalue weighted by molar-refractivity contribution is 7.92. The van der Waals surface area contributed by atoms with E-state index in [2.05, 4.69) is 4.72 Å². The summed E-state index contributed by atoms with van der Waals surface area (Å²) in [6, 6.07) is 3.60. The van der Waals surface area contributed by atoms with Gasteiger partial charge in [-0.15, -0.1) is 0 Å².